The van der Waals surface area contributed by atoms with Crippen molar-refractivity contribution in [3.8, 4) is 0 Å². The number of fused-ring (bicyclic) bond motifs is 4. The second-order valence-corrected chi connectivity index (χ2v) is 12.6. The van der Waals surface area contributed by atoms with Gasteiger partial charge in [0.25, 0.3) is 11.8 Å². The van der Waals surface area contributed by atoms with Crippen molar-refractivity contribution < 1.29 is 24.2 Å². The number of hydrogen-bond donors (Lipinski definition) is 1. The van der Waals surface area contributed by atoms with Gasteiger partial charge in [-0.15, -0.1) is 0 Å². The molecule has 2 aliphatic heterocycles. The Morgan fingerprint density at radius 1 is 0.712 bits per heavy atom. The molecule has 0 radical (unpaired) electrons. The number of aromatic nitrogens is 4. The Hall–Kier alpha value is -5.43. The van der Waals surface area contributed by atoms with E-state index in [0.717, 1.165) is 35.6 Å². The van der Waals surface area contributed by atoms with E-state index in [0.29, 0.717) is 60.3 Å². The van der Waals surface area contributed by atoms with Crippen LogP contribution in [0.15, 0.2) is 61.2 Å². The van der Waals surface area contributed by atoms with Gasteiger partial charge in [0.1, 0.15) is 11.6 Å². The van der Waals surface area contributed by atoms with Gasteiger partial charge in [-0.05, 0) is 74.2 Å². The maximum atomic E-state index is 13.1. The number of esters is 1. The highest BCUT2D eigenvalue weighted by atomic mass is 16.5. The van der Waals surface area contributed by atoms with E-state index in [1.165, 1.54) is 19.3 Å². The third kappa shape index (κ3) is 8.20. The molecule has 13 nitrogen and oxygen atoms in total. The first-order valence-corrected chi connectivity index (χ1v) is 18.0. The van der Waals surface area contributed by atoms with Crippen LogP contribution in [0.5, 0.6) is 0 Å². The molecule has 0 atom stereocenters. The lowest BCUT2D eigenvalue weighted by Gasteiger charge is -2.22. The van der Waals surface area contributed by atoms with E-state index in [-0.39, 0.29) is 30.8 Å². The Balaban J connectivity index is 0.000000210. The Kier molecular flexibility index (Phi) is 12.9. The van der Waals surface area contributed by atoms with Gasteiger partial charge < -0.3 is 29.4 Å². The fourth-order valence-corrected chi connectivity index (χ4v) is 6.31. The van der Waals surface area contributed by atoms with Crippen LogP contribution in [0.3, 0.4) is 0 Å². The van der Waals surface area contributed by atoms with Crippen molar-refractivity contribution in [2.24, 2.45) is 0 Å². The molecule has 0 spiro atoms. The van der Waals surface area contributed by atoms with E-state index < -0.39 is 0 Å². The zero-order chi connectivity index (χ0) is 37.2. The maximum Gasteiger partial charge on any atom is 0.310 e. The summed E-state index contributed by atoms with van der Waals surface area (Å²) in [6.07, 6.45) is 12.9. The second kappa shape index (κ2) is 17.7. The maximum absolute atomic E-state index is 13.1. The first-order valence-electron chi connectivity index (χ1n) is 18.0. The first-order chi connectivity index (χ1) is 25.2. The number of hydrogen-bond acceptors (Lipinski definition) is 11. The van der Waals surface area contributed by atoms with E-state index in [2.05, 4.69) is 26.9 Å². The number of anilines is 6. The van der Waals surface area contributed by atoms with Crippen LogP contribution in [0.25, 0.3) is 0 Å². The Labute approximate surface area is 305 Å². The number of carbonyl (C=O) groups excluding carboxylic acids is 3. The van der Waals surface area contributed by atoms with Crippen LogP contribution >= 0.6 is 0 Å². The molecule has 6 rings (SSSR count). The number of carbonyl (C=O) groups is 3. The van der Waals surface area contributed by atoms with E-state index in [4.69, 9.17) is 9.84 Å². The van der Waals surface area contributed by atoms with Crippen LogP contribution in [-0.4, -0.2) is 83.2 Å². The number of nitrogens with zero attached hydrogens (tertiary/aromatic N) is 8. The van der Waals surface area contributed by atoms with Crippen LogP contribution in [0.4, 0.5) is 34.6 Å². The highest BCUT2D eigenvalue weighted by Gasteiger charge is 2.32. The Bertz CT molecular complexity index is 1890. The number of unbranched alkanes of at least 4 members (excludes halogenated alkanes) is 4. The van der Waals surface area contributed by atoms with Crippen LogP contribution in [0, 0.1) is 0 Å². The van der Waals surface area contributed by atoms with Gasteiger partial charge in [0.15, 0.2) is 11.6 Å². The normalized spacial score (nSPS) is 13.3. The van der Waals surface area contributed by atoms with Gasteiger partial charge in [-0.1, -0.05) is 32.6 Å². The van der Waals surface area contributed by atoms with Gasteiger partial charge in [-0.25, -0.2) is 19.9 Å². The molecule has 274 valence electrons. The number of amides is 2. The smallest absolute Gasteiger partial charge is 0.310 e. The minimum Gasteiger partial charge on any atom is -0.465 e. The molecule has 0 aliphatic carbocycles. The zero-order valence-corrected chi connectivity index (χ0v) is 30.7. The summed E-state index contributed by atoms with van der Waals surface area (Å²) < 4.78 is 5.35. The molecular formula is C39H48N8O5. The molecule has 0 aromatic carbocycles. The third-order valence-electron chi connectivity index (χ3n) is 9.09. The van der Waals surface area contributed by atoms with Gasteiger partial charge >= 0.3 is 5.97 Å². The van der Waals surface area contributed by atoms with Crippen LogP contribution in [0.2, 0.25) is 0 Å². The quantitative estimate of drug-likeness (QED) is 0.136. The molecule has 0 unspecified atom stereocenters. The topological polar surface area (TPSA) is 145 Å². The largest absolute Gasteiger partial charge is 0.465 e. The van der Waals surface area contributed by atoms with Crippen molar-refractivity contribution >= 4 is 52.4 Å². The zero-order valence-electron chi connectivity index (χ0n) is 30.7. The number of ether oxygens (including phenoxy) is 1. The SMILES string of the molecule is CCCCCCCOC(=O)Cc1cnc2c(c1)C(=O)N(C)c1cccnc1N2CC.CCN1c2ncc(CCO)cc2C(=O)N(C)c2cccnc21. The summed E-state index contributed by atoms with van der Waals surface area (Å²) in [4.78, 5) is 63.0. The van der Waals surface area contributed by atoms with Crippen LogP contribution in [0.1, 0.15) is 84.7 Å². The molecule has 0 fully saturated rings. The summed E-state index contributed by atoms with van der Waals surface area (Å²) in [5.41, 5.74) is 4.00. The summed E-state index contributed by atoms with van der Waals surface area (Å²) in [6, 6.07) is 10.9. The van der Waals surface area contributed by atoms with E-state index in [1.807, 2.05) is 54.0 Å². The third-order valence-corrected chi connectivity index (χ3v) is 9.09. The molecule has 52 heavy (non-hydrogen) atoms. The minimum atomic E-state index is -0.293. The van der Waals surface area contributed by atoms with Crippen molar-refractivity contribution in [3.05, 3.63) is 83.4 Å². The lowest BCUT2D eigenvalue weighted by Crippen LogP contribution is -2.25. The Morgan fingerprint density at radius 3 is 1.75 bits per heavy atom. The molecule has 0 saturated heterocycles. The predicted molar refractivity (Wildman–Crippen MR) is 202 cm³/mol. The second-order valence-electron chi connectivity index (χ2n) is 12.6. The van der Waals surface area contributed by atoms with E-state index >= 15 is 0 Å². The predicted octanol–water partition coefficient (Wildman–Crippen LogP) is 6.04. The van der Waals surface area contributed by atoms with Crippen molar-refractivity contribution in [2.45, 2.75) is 65.7 Å². The van der Waals surface area contributed by atoms with E-state index in [9.17, 15) is 14.4 Å². The summed E-state index contributed by atoms with van der Waals surface area (Å²) in [6.45, 7) is 7.91. The summed E-state index contributed by atoms with van der Waals surface area (Å²) in [5, 5.41) is 9.09. The molecule has 4 aromatic heterocycles. The van der Waals surface area contributed by atoms with Crippen molar-refractivity contribution in [3.63, 3.8) is 0 Å². The average Bonchev–Trinajstić information content (AvgIpc) is 3.31. The highest BCUT2D eigenvalue weighted by Crippen LogP contribution is 2.38. The first kappa shape index (κ1) is 37.8. The Morgan fingerprint density at radius 2 is 1.23 bits per heavy atom. The molecule has 6 heterocycles. The molecule has 0 saturated carbocycles. The van der Waals surface area contributed by atoms with Gasteiger partial charge in [0.2, 0.25) is 0 Å². The van der Waals surface area contributed by atoms with Gasteiger partial charge in [-0.3, -0.25) is 14.4 Å². The average molecular weight is 709 g/mol. The van der Waals surface area contributed by atoms with Crippen molar-refractivity contribution in [2.75, 3.05) is 60.0 Å². The number of pyridine rings is 4. The van der Waals surface area contributed by atoms with Crippen LogP contribution in [-0.2, 0) is 22.4 Å². The molecule has 1 N–H and O–H groups in total. The molecule has 2 aliphatic rings. The lowest BCUT2D eigenvalue weighted by atomic mass is 10.1. The summed E-state index contributed by atoms with van der Waals surface area (Å²) in [7, 11) is 3.47. The van der Waals surface area contributed by atoms with Gasteiger partial charge in [0.05, 0.1) is 35.5 Å². The van der Waals surface area contributed by atoms with Crippen LogP contribution < -0.4 is 19.6 Å². The number of rotatable bonds is 12. The molecule has 0 bridgehead atoms. The standard InChI is InChI=1S/C23H30N4O3.C16H18N4O2/c1-4-6-7-8-9-13-30-20(28)15-17-14-18-21(25-16-17)27(5-2)22-19(11-10-12-24-22)26(3)23(18)29;1-3-20-14-12(9-11(6-8-21)10-18-14)16(22)19(2)13-5-4-7-17-15(13)20/h10-12,14,16H,4-9,13,15H2,1-3H3;4-5,7,9-10,21H,3,6,8H2,1-2H3. The van der Waals surface area contributed by atoms with E-state index in [1.54, 1.807) is 54.7 Å². The number of aliphatic hydroxyl groups excluding tert-OH is 1. The van der Waals surface area contributed by atoms with Gasteiger partial charge in [0, 0.05) is 58.6 Å². The van der Waals surface area contributed by atoms with Gasteiger partial charge in [-0.2, -0.15) is 0 Å². The van der Waals surface area contributed by atoms with Crippen molar-refractivity contribution in [1.29, 1.82) is 0 Å². The monoisotopic (exact) mass is 708 g/mol. The fraction of sp³-hybridized carbons (Fsp3) is 0.410. The summed E-state index contributed by atoms with van der Waals surface area (Å²) in [5.74, 6) is 2.00. The minimum absolute atomic E-state index is 0.0315. The number of aliphatic hydroxyl groups is 1. The molecule has 4 aromatic rings. The summed E-state index contributed by atoms with van der Waals surface area (Å²) >= 11 is 0. The molecule has 13 heteroatoms. The van der Waals surface area contributed by atoms with Crippen molar-refractivity contribution in [1.82, 2.24) is 19.9 Å². The fourth-order valence-electron chi connectivity index (χ4n) is 6.31. The molecule has 2 amide bonds. The lowest BCUT2D eigenvalue weighted by molar-refractivity contribution is -0.142. The highest BCUT2D eigenvalue weighted by molar-refractivity contribution is 6.13. The molecular weight excluding hydrogens is 660 g/mol.